The van der Waals surface area contributed by atoms with Gasteiger partial charge in [0, 0.05) is 6.07 Å². The number of benzene rings is 2. The van der Waals surface area contributed by atoms with Crippen molar-refractivity contribution >= 4 is 5.97 Å². The number of halogens is 1. The number of ether oxygens (including phenoxy) is 2. The zero-order chi connectivity index (χ0) is 14.4. The Balaban J connectivity index is 1.92. The molecule has 0 N–H and O–H groups in total. The Kier molecular flexibility index (Phi) is 4.30. The Hall–Kier alpha value is -2.87. The van der Waals surface area contributed by atoms with E-state index in [1.165, 1.54) is 12.1 Å². The Morgan fingerprint density at radius 2 is 1.90 bits per heavy atom. The molecule has 2 aromatic rings. The first-order valence-electron chi connectivity index (χ1n) is 5.77. The van der Waals surface area contributed by atoms with Gasteiger partial charge in [0.15, 0.2) is 6.61 Å². The topological polar surface area (TPSA) is 59.3 Å². The van der Waals surface area contributed by atoms with Crippen molar-refractivity contribution in [2.75, 3.05) is 6.61 Å². The molecule has 20 heavy (non-hydrogen) atoms. The minimum Gasteiger partial charge on any atom is -0.482 e. The van der Waals surface area contributed by atoms with Crippen LogP contribution in [0.4, 0.5) is 4.39 Å². The number of carbonyl (C=O) groups excluding carboxylic acids is 1. The molecule has 4 nitrogen and oxygen atoms in total. The van der Waals surface area contributed by atoms with Crippen LogP contribution in [0.15, 0.2) is 48.5 Å². The highest BCUT2D eigenvalue weighted by molar-refractivity contribution is 5.74. The second-order valence-corrected chi connectivity index (χ2v) is 3.83. The van der Waals surface area contributed by atoms with Crippen LogP contribution in [0.25, 0.3) is 0 Å². The molecule has 0 heterocycles. The molecule has 0 saturated heterocycles. The maximum absolute atomic E-state index is 13.3. The summed E-state index contributed by atoms with van der Waals surface area (Å²) in [5.74, 6) is -0.821. The molecule has 0 radical (unpaired) electrons. The smallest absolute Gasteiger partial charge is 0.349 e. The van der Waals surface area contributed by atoms with Crippen LogP contribution in [0.1, 0.15) is 5.56 Å². The van der Waals surface area contributed by atoms with E-state index >= 15 is 0 Å². The Labute approximate surface area is 115 Å². The summed E-state index contributed by atoms with van der Waals surface area (Å²) >= 11 is 0. The lowest BCUT2D eigenvalue weighted by atomic mass is 10.2. The van der Waals surface area contributed by atoms with E-state index in [1.807, 2.05) is 6.07 Å². The van der Waals surface area contributed by atoms with Crippen molar-refractivity contribution in [2.45, 2.75) is 0 Å². The van der Waals surface area contributed by atoms with Gasteiger partial charge in [-0.15, -0.1) is 0 Å². The normalized spacial score (nSPS) is 9.60. The molecule has 0 atom stereocenters. The summed E-state index contributed by atoms with van der Waals surface area (Å²) in [4.78, 5) is 11.5. The van der Waals surface area contributed by atoms with E-state index in [9.17, 15) is 9.18 Å². The number of rotatable bonds is 4. The summed E-state index contributed by atoms with van der Waals surface area (Å²) in [5, 5.41) is 8.58. The third-order valence-electron chi connectivity index (χ3n) is 2.39. The summed E-state index contributed by atoms with van der Waals surface area (Å²) in [5.41, 5.74) is -0.106. The zero-order valence-corrected chi connectivity index (χ0v) is 10.4. The van der Waals surface area contributed by atoms with Gasteiger partial charge in [0.2, 0.25) is 0 Å². The summed E-state index contributed by atoms with van der Waals surface area (Å²) in [7, 11) is 0. The molecule has 0 aliphatic carbocycles. The van der Waals surface area contributed by atoms with Crippen molar-refractivity contribution in [3.8, 4) is 17.6 Å². The lowest BCUT2D eigenvalue weighted by Gasteiger charge is -2.06. The van der Waals surface area contributed by atoms with Crippen LogP contribution in [0, 0.1) is 17.1 Å². The monoisotopic (exact) mass is 271 g/mol. The minimum absolute atomic E-state index is 0.0307. The fourth-order valence-corrected chi connectivity index (χ4v) is 1.47. The average molecular weight is 271 g/mol. The largest absolute Gasteiger partial charge is 0.482 e. The average Bonchev–Trinajstić information content (AvgIpc) is 2.46. The number of carbonyl (C=O) groups is 1. The second kappa shape index (κ2) is 6.34. The molecule has 0 aliphatic heterocycles. The Bertz CT molecular complexity index is 650. The second-order valence-electron chi connectivity index (χ2n) is 3.83. The van der Waals surface area contributed by atoms with Gasteiger partial charge in [0.25, 0.3) is 0 Å². The maximum Gasteiger partial charge on any atom is 0.349 e. The summed E-state index contributed by atoms with van der Waals surface area (Å²) in [6, 6.07) is 14.0. The first-order valence-corrected chi connectivity index (χ1v) is 5.77. The maximum atomic E-state index is 13.3. The molecular formula is C15H10FNO3. The highest BCUT2D eigenvalue weighted by Crippen LogP contribution is 2.16. The quantitative estimate of drug-likeness (QED) is 0.633. The van der Waals surface area contributed by atoms with Crippen molar-refractivity contribution in [1.29, 1.82) is 5.26 Å². The van der Waals surface area contributed by atoms with Crippen LogP contribution in [0.5, 0.6) is 11.5 Å². The third kappa shape index (κ3) is 3.56. The van der Waals surface area contributed by atoms with E-state index < -0.39 is 11.8 Å². The molecule has 2 aromatic carbocycles. The van der Waals surface area contributed by atoms with E-state index in [1.54, 1.807) is 30.3 Å². The number of esters is 1. The summed E-state index contributed by atoms with van der Waals surface area (Å²) in [6.07, 6.45) is 0. The summed E-state index contributed by atoms with van der Waals surface area (Å²) < 4.78 is 23.4. The molecule has 0 amide bonds. The fraction of sp³-hybridized carbons (Fsp3) is 0.0667. The number of hydrogen-bond donors (Lipinski definition) is 0. The predicted molar refractivity (Wildman–Crippen MR) is 68.7 cm³/mol. The van der Waals surface area contributed by atoms with Crippen LogP contribution in [0.2, 0.25) is 0 Å². The number of nitriles is 1. The first-order chi connectivity index (χ1) is 9.69. The van der Waals surface area contributed by atoms with Crippen LogP contribution < -0.4 is 9.47 Å². The van der Waals surface area contributed by atoms with Crippen LogP contribution >= 0.6 is 0 Å². The van der Waals surface area contributed by atoms with Crippen molar-refractivity contribution in [2.24, 2.45) is 0 Å². The van der Waals surface area contributed by atoms with Crippen LogP contribution in [-0.4, -0.2) is 12.6 Å². The molecule has 0 aromatic heterocycles. The Morgan fingerprint density at radius 3 is 2.55 bits per heavy atom. The fourth-order valence-electron chi connectivity index (χ4n) is 1.47. The van der Waals surface area contributed by atoms with Gasteiger partial charge in [-0.1, -0.05) is 18.2 Å². The van der Waals surface area contributed by atoms with E-state index in [0.29, 0.717) is 5.75 Å². The van der Waals surface area contributed by atoms with Gasteiger partial charge in [0.05, 0.1) is 5.56 Å². The van der Waals surface area contributed by atoms with Crippen molar-refractivity contribution < 1.29 is 18.7 Å². The van der Waals surface area contributed by atoms with Gasteiger partial charge in [-0.2, -0.15) is 5.26 Å². The molecule has 0 spiro atoms. The molecule has 0 aliphatic rings. The number of hydrogen-bond acceptors (Lipinski definition) is 4. The molecular weight excluding hydrogens is 261 g/mol. The predicted octanol–water partition coefficient (Wildman–Crippen LogP) is 2.68. The number of para-hydroxylation sites is 1. The standard InChI is InChI=1S/C15H10FNO3/c16-14-8-13(7-6-11(14)9-17)20-15(18)10-19-12-4-2-1-3-5-12/h1-8H,10H2. The van der Waals surface area contributed by atoms with Gasteiger partial charge in [-0.3, -0.25) is 0 Å². The third-order valence-corrected chi connectivity index (χ3v) is 2.39. The summed E-state index contributed by atoms with van der Waals surface area (Å²) in [6.45, 7) is -0.286. The lowest BCUT2D eigenvalue weighted by molar-refractivity contribution is -0.136. The first kappa shape index (κ1) is 13.6. The Morgan fingerprint density at radius 1 is 1.15 bits per heavy atom. The van der Waals surface area contributed by atoms with Crippen molar-refractivity contribution in [1.82, 2.24) is 0 Å². The minimum atomic E-state index is -0.734. The molecule has 0 unspecified atom stereocenters. The lowest BCUT2D eigenvalue weighted by Crippen LogP contribution is -2.17. The van der Waals surface area contributed by atoms with Gasteiger partial charge in [-0.05, 0) is 24.3 Å². The number of nitrogens with zero attached hydrogens (tertiary/aromatic N) is 1. The van der Waals surface area contributed by atoms with Crippen molar-refractivity contribution in [3.05, 3.63) is 59.9 Å². The zero-order valence-electron chi connectivity index (χ0n) is 10.4. The van der Waals surface area contributed by atoms with Crippen molar-refractivity contribution in [3.63, 3.8) is 0 Å². The van der Waals surface area contributed by atoms with E-state index in [-0.39, 0.29) is 17.9 Å². The molecule has 2 rings (SSSR count). The highest BCUT2D eigenvalue weighted by Gasteiger charge is 2.09. The van der Waals surface area contributed by atoms with E-state index in [0.717, 1.165) is 6.07 Å². The van der Waals surface area contributed by atoms with Gasteiger partial charge >= 0.3 is 5.97 Å². The SMILES string of the molecule is N#Cc1ccc(OC(=O)COc2ccccc2)cc1F. The molecule has 100 valence electrons. The van der Waals surface area contributed by atoms with Gasteiger partial charge in [-0.25, -0.2) is 9.18 Å². The van der Waals surface area contributed by atoms with Crippen LogP contribution in [-0.2, 0) is 4.79 Å². The molecule has 0 fully saturated rings. The van der Waals surface area contributed by atoms with E-state index in [2.05, 4.69) is 0 Å². The molecule has 0 saturated carbocycles. The van der Waals surface area contributed by atoms with Gasteiger partial charge in [0.1, 0.15) is 23.4 Å². The van der Waals surface area contributed by atoms with Gasteiger partial charge < -0.3 is 9.47 Å². The van der Waals surface area contributed by atoms with Crippen LogP contribution in [0.3, 0.4) is 0 Å². The highest BCUT2D eigenvalue weighted by atomic mass is 19.1. The molecule has 0 bridgehead atoms. The molecule has 5 heteroatoms. The van der Waals surface area contributed by atoms with E-state index in [4.69, 9.17) is 14.7 Å².